The molecule has 2 heterocycles. The number of nitrogens with zero attached hydrogens (tertiary/aromatic N) is 4. The highest BCUT2D eigenvalue weighted by molar-refractivity contribution is 5.93. The maximum atomic E-state index is 12.8. The molecular weight excluding hydrogens is 406 g/mol. The summed E-state index contributed by atoms with van der Waals surface area (Å²) < 4.78 is 6.96. The fourth-order valence-electron chi connectivity index (χ4n) is 4.03. The molecule has 0 bridgehead atoms. The van der Waals surface area contributed by atoms with Crippen molar-refractivity contribution < 1.29 is 14.3 Å². The van der Waals surface area contributed by atoms with E-state index in [1.807, 2.05) is 66.4 Å². The van der Waals surface area contributed by atoms with Crippen LogP contribution in [0.15, 0.2) is 54.6 Å². The summed E-state index contributed by atoms with van der Waals surface area (Å²) in [7, 11) is 1.63. The largest absolute Gasteiger partial charge is 0.497 e. The Morgan fingerprint density at radius 1 is 1.19 bits per heavy atom. The van der Waals surface area contributed by atoms with Crippen molar-refractivity contribution >= 4 is 11.8 Å². The molecule has 1 aliphatic heterocycles. The van der Waals surface area contributed by atoms with E-state index in [1.54, 1.807) is 11.8 Å². The van der Waals surface area contributed by atoms with Gasteiger partial charge < -0.3 is 15.0 Å². The second kappa shape index (κ2) is 9.64. The molecule has 2 aromatic carbocycles. The topological polar surface area (TPSA) is 89.3 Å². The number of carbonyl (C=O) groups excluding carboxylic acids is 2. The van der Waals surface area contributed by atoms with Crippen LogP contribution in [-0.4, -0.2) is 51.9 Å². The molecule has 1 saturated heterocycles. The molecule has 2 amide bonds. The van der Waals surface area contributed by atoms with Crippen LogP contribution in [0.4, 0.5) is 0 Å². The van der Waals surface area contributed by atoms with Gasteiger partial charge in [0.2, 0.25) is 5.91 Å². The van der Waals surface area contributed by atoms with Gasteiger partial charge in [-0.2, -0.15) is 0 Å². The number of para-hydroxylation sites is 1. The van der Waals surface area contributed by atoms with E-state index in [9.17, 15) is 9.59 Å². The van der Waals surface area contributed by atoms with Crippen molar-refractivity contribution in [2.75, 3.05) is 20.2 Å². The monoisotopic (exact) mass is 433 g/mol. The van der Waals surface area contributed by atoms with E-state index in [4.69, 9.17) is 4.74 Å². The number of methoxy groups -OCH3 is 1. The van der Waals surface area contributed by atoms with E-state index in [1.165, 1.54) is 0 Å². The van der Waals surface area contributed by atoms with Crippen LogP contribution < -0.4 is 10.1 Å². The second-order valence-electron chi connectivity index (χ2n) is 7.89. The van der Waals surface area contributed by atoms with Crippen molar-refractivity contribution in [2.45, 2.75) is 26.3 Å². The molecule has 8 nitrogen and oxygen atoms in total. The molecule has 32 heavy (non-hydrogen) atoms. The number of rotatable bonds is 8. The van der Waals surface area contributed by atoms with E-state index >= 15 is 0 Å². The Kier molecular flexibility index (Phi) is 6.49. The zero-order valence-electron chi connectivity index (χ0n) is 18.3. The van der Waals surface area contributed by atoms with Gasteiger partial charge in [-0.1, -0.05) is 42.5 Å². The summed E-state index contributed by atoms with van der Waals surface area (Å²) in [6.07, 6.45) is 1.04. The molecule has 0 aliphatic carbocycles. The number of amides is 2. The number of likely N-dealkylation sites (tertiary alicyclic amines) is 1. The third-order valence-corrected chi connectivity index (χ3v) is 5.67. The van der Waals surface area contributed by atoms with Gasteiger partial charge in [-0.3, -0.25) is 9.59 Å². The lowest BCUT2D eigenvalue weighted by molar-refractivity contribution is -0.128. The minimum atomic E-state index is -0.261. The predicted molar refractivity (Wildman–Crippen MR) is 120 cm³/mol. The highest BCUT2D eigenvalue weighted by atomic mass is 16.5. The van der Waals surface area contributed by atoms with Crippen LogP contribution >= 0.6 is 0 Å². The van der Waals surface area contributed by atoms with Gasteiger partial charge in [-0.15, -0.1) is 5.10 Å². The third kappa shape index (κ3) is 4.64. The quantitative estimate of drug-likeness (QED) is 0.590. The van der Waals surface area contributed by atoms with Gasteiger partial charge in [-0.05, 0) is 36.2 Å². The van der Waals surface area contributed by atoms with Crippen LogP contribution in [0.25, 0.3) is 5.69 Å². The Hall–Kier alpha value is -3.68. The minimum Gasteiger partial charge on any atom is -0.497 e. The summed E-state index contributed by atoms with van der Waals surface area (Å²) in [6, 6.07) is 17.3. The Bertz CT molecular complexity index is 1100. The third-order valence-electron chi connectivity index (χ3n) is 5.67. The Balaban J connectivity index is 1.36. The standard InChI is InChI=1S/C24H27N5O3/c1-3-21-23(26-27-29(21)19-9-5-4-6-10-19)24(31)25-14-18-13-22(30)28(16-18)15-17-8-7-11-20(12-17)32-2/h4-12,18H,3,13-16H2,1-2H3,(H,25,31). The number of hydrogen-bond donors (Lipinski definition) is 1. The number of carbonyl (C=O) groups is 2. The molecule has 0 radical (unpaired) electrons. The van der Waals surface area contributed by atoms with Crippen LogP contribution in [-0.2, 0) is 17.8 Å². The van der Waals surface area contributed by atoms with Gasteiger partial charge in [0.1, 0.15) is 5.75 Å². The molecule has 8 heteroatoms. The summed E-state index contributed by atoms with van der Waals surface area (Å²) in [6.45, 7) is 3.53. The van der Waals surface area contributed by atoms with Crippen molar-refractivity contribution in [3.05, 3.63) is 71.5 Å². The van der Waals surface area contributed by atoms with Crippen molar-refractivity contribution in [2.24, 2.45) is 5.92 Å². The molecule has 0 saturated carbocycles. The number of aromatic nitrogens is 3. The molecule has 1 unspecified atom stereocenters. The average molecular weight is 434 g/mol. The number of ether oxygens (including phenoxy) is 1. The molecule has 166 valence electrons. The van der Waals surface area contributed by atoms with E-state index < -0.39 is 0 Å². The molecule has 4 rings (SSSR count). The van der Waals surface area contributed by atoms with Crippen molar-refractivity contribution in [3.63, 3.8) is 0 Å². The van der Waals surface area contributed by atoms with Crippen molar-refractivity contribution in [3.8, 4) is 11.4 Å². The maximum Gasteiger partial charge on any atom is 0.273 e. The first kappa shape index (κ1) is 21.5. The van der Waals surface area contributed by atoms with Crippen LogP contribution in [0, 0.1) is 5.92 Å². The molecule has 0 spiro atoms. The number of nitrogens with one attached hydrogen (secondary N) is 1. The lowest BCUT2D eigenvalue weighted by Gasteiger charge is -2.17. The lowest BCUT2D eigenvalue weighted by atomic mass is 10.1. The molecule has 1 N–H and O–H groups in total. The normalized spacial score (nSPS) is 15.8. The zero-order chi connectivity index (χ0) is 22.5. The second-order valence-corrected chi connectivity index (χ2v) is 7.89. The van der Waals surface area contributed by atoms with E-state index in [-0.39, 0.29) is 17.7 Å². The Morgan fingerprint density at radius 2 is 2.00 bits per heavy atom. The SMILES string of the molecule is CCc1c(C(=O)NCC2CC(=O)N(Cc3cccc(OC)c3)C2)nnn1-c1ccccc1. The van der Waals surface area contributed by atoms with Gasteiger partial charge in [0.15, 0.2) is 5.69 Å². The zero-order valence-corrected chi connectivity index (χ0v) is 18.3. The first-order valence-electron chi connectivity index (χ1n) is 10.8. The summed E-state index contributed by atoms with van der Waals surface area (Å²) >= 11 is 0. The fourth-order valence-corrected chi connectivity index (χ4v) is 4.03. The maximum absolute atomic E-state index is 12.8. The Labute approximate surface area is 187 Å². The number of benzene rings is 2. The molecular formula is C24H27N5O3. The molecule has 3 aromatic rings. The highest BCUT2D eigenvalue weighted by Crippen LogP contribution is 2.22. The van der Waals surface area contributed by atoms with Crippen molar-refractivity contribution in [1.29, 1.82) is 0 Å². The summed E-state index contributed by atoms with van der Waals surface area (Å²) in [5.41, 5.74) is 2.97. The average Bonchev–Trinajstić information content (AvgIpc) is 3.41. The van der Waals surface area contributed by atoms with Crippen LogP contribution in [0.2, 0.25) is 0 Å². The van der Waals surface area contributed by atoms with E-state index in [0.717, 1.165) is 22.7 Å². The van der Waals surface area contributed by atoms with Gasteiger partial charge in [0.05, 0.1) is 18.5 Å². The summed E-state index contributed by atoms with van der Waals surface area (Å²) in [5, 5.41) is 11.2. The first-order valence-corrected chi connectivity index (χ1v) is 10.8. The summed E-state index contributed by atoms with van der Waals surface area (Å²) in [4.78, 5) is 27.1. The van der Waals surface area contributed by atoms with Crippen LogP contribution in [0.5, 0.6) is 5.75 Å². The van der Waals surface area contributed by atoms with Gasteiger partial charge in [-0.25, -0.2) is 4.68 Å². The number of hydrogen-bond acceptors (Lipinski definition) is 5. The van der Waals surface area contributed by atoms with Gasteiger partial charge >= 0.3 is 0 Å². The lowest BCUT2D eigenvalue weighted by Crippen LogP contribution is -2.32. The highest BCUT2D eigenvalue weighted by Gasteiger charge is 2.30. The molecule has 1 atom stereocenters. The smallest absolute Gasteiger partial charge is 0.273 e. The first-order chi connectivity index (χ1) is 15.6. The van der Waals surface area contributed by atoms with Crippen LogP contribution in [0.1, 0.15) is 35.1 Å². The molecule has 1 fully saturated rings. The van der Waals surface area contributed by atoms with Gasteiger partial charge in [0.25, 0.3) is 5.91 Å². The van der Waals surface area contributed by atoms with Crippen molar-refractivity contribution in [1.82, 2.24) is 25.2 Å². The minimum absolute atomic E-state index is 0.0614. The van der Waals surface area contributed by atoms with E-state index in [0.29, 0.717) is 38.2 Å². The van der Waals surface area contributed by atoms with Gasteiger partial charge in [0, 0.05) is 32.0 Å². The Morgan fingerprint density at radius 3 is 2.75 bits per heavy atom. The predicted octanol–water partition coefficient (Wildman–Crippen LogP) is 2.62. The fraction of sp³-hybridized carbons (Fsp3) is 0.333. The van der Waals surface area contributed by atoms with E-state index in [2.05, 4.69) is 15.6 Å². The molecule has 1 aliphatic rings. The summed E-state index contributed by atoms with van der Waals surface area (Å²) in [5.74, 6) is 0.665. The van der Waals surface area contributed by atoms with Crippen LogP contribution in [0.3, 0.4) is 0 Å². The molecule has 1 aromatic heterocycles.